The molecule has 2 unspecified atom stereocenters. The zero-order valence-electron chi connectivity index (χ0n) is 8.69. The highest BCUT2D eigenvalue weighted by molar-refractivity contribution is 4.97. The van der Waals surface area contributed by atoms with Gasteiger partial charge in [0, 0.05) is 12.8 Å². The van der Waals surface area contributed by atoms with Gasteiger partial charge in [-0.15, -0.1) is 0 Å². The maximum atomic E-state index is 13.4. The van der Waals surface area contributed by atoms with Gasteiger partial charge >= 0.3 is 0 Å². The first-order valence-corrected chi connectivity index (χ1v) is 5.79. The molecule has 3 fully saturated rings. The Labute approximate surface area is 88.6 Å². The molecule has 1 aliphatic heterocycles. The Balaban J connectivity index is 1.73. The molecule has 4 heteroatoms. The Morgan fingerprint density at radius 3 is 2.33 bits per heavy atom. The van der Waals surface area contributed by atoms with Gasteiger partial charge in [0.2, 0.25) is 0 Å². The lowest BCUT2D eigenvalue weighted by Crippen LogP contribution is -2.34. The van der Waals surface area contributed by atoms with Crippen molar-refractivity contribution in [3.63, 3.8) is 0 Å². The van der Waals surface area contributed by atoms with Gasteiger partial charge in [0.1, 0.15) is 6.17 Å². The van der Waals surface area contributed by atoms with Gasteiger partial charge < -0.3 is 14.6 Å². The second-order valence-corrected chi connectivity index (χ2v) is 5.09. The van der Waals surface area contributed by atoms with Crippen LogP contribution in [0.15, 0.2) is 0 Å². The fraction of sp³-hybridized carbons (Fsp3) is 1.00. The third-order valence-corrected chi connectivity index (χ3v) is 4.12. The average molecular weight is 216 g/mol. The molecule has 3 rings (SSSR count). The Bertz CT molecular complexity index is 232. The van der Waals surface area contributed by atoms with Crippen LogP contribution in [0.3, 0.4) is 0 Å². The maximum absolute atomic E-state index is 13.4. The number of alkyl halides is 1. The molecule has 1 heterocycles. The van der Waals surface area contributed by atoms with E-state index < -0.39 is 18.1 Å². The molecule has 0 radical (unpaired) electrons. The lowest BCUT2D eigenvalue weighted by molar-refractivity contribution is -0.154. The summed E-state index contributed by atoms with van der Waals surface area (Å²) in [5, 5.41) is 9.50. The Hall–Kier alpha value is -0.190. The van der Waals surface area contributed by atoms with E-state index in [9.17, 15) is 9.50 Å². The molecule has 3 nitrogen and oxygen atoms in total. The summed E-state index contributed by atoms with van der Waals surface area (Å²) >= 11 is 0. The van der Waals surface area contributed by atoms with E-state index in [2.05, 4.69) is 0 Å². The number of hydrogen-bond donors (Lipinski definition) is 1. The van der Waals surface area contributed by atoms with Gasteiger partial charge in [-0.1, -0.05) is 0 Å². The normalized spacial score (nSPS) is 48.4. The minimum absolute atomic E-state index is 0.335. The minimum Gasteiger partial charge on any atom is -0.390 e. The number of rotatable bonds is 0. The fourth-order valence-electron chi connectivity index (χ4n) is 3.40. The molecule has 1 N–H and O–H groups in total. The molecule has 2 aliphatic carbocycles. The molecule has 86 valence electrons. The van der Waals surface area contributed by atoms with Crippen molar-refractivity contribution in [1.29, 1.82) is 0 Å². The number of aliphatic hydroxyl groups excluding tert-OH is 1. The molecule has 0 bridgehead atoms. The molecule has 1 spiro atoms. The average Bonchev–Trinajstić information content (AvgIpc) is 2.75. The van der Waals surface area contributed by atoms with Crippen molar-refractivity contribution in [1.82, 2.24) is 0 Å². The number of hydrogen-bond acceptors (Lipinski definition) is 3. The summed E-state index contributed by atoms with van der Waals surface area (Å²) in [5.74, 6) is 0.283. The number of halogens is 1. The van der Waals surface area contributed by atoms with Crippen molar-refractivity contribution < 1.29 is 19.0 Å². The van der Waals surface area contributed by atoms with Crippen LogP contribution in [0.5, 0.6) is 0 Å². The van der Waals surface area contributed by atoms with E-state index in [0.29, 0.717) is 37.9 Å². The highest BCUT2D eigenvalue weighted by Crippen LogP contribution is 2.50. The largest absolute Gasteiger partial charge is 0.390 e. The molecule has 0 aromatic carbocycles. The molecule has 0 amide bonds. The van der Waals surface area contributed by atoms with E-state index in [0.717, 1.165) is 12.8 Å². The summed E-state index contributed by atoms with van der Waals surface area (Å²) in [7, 11) is 0. The van der Waals surface area contributed by atoms with E-state index >= 15 is 0 Å². The van der Waals surface area contributed by atoms with Crippen molar-refractivity contribution in [2.75, 3.05) is 13.2 Å². The van der Waals surface area contributed by atoms with E-state index in [4.69, 9.17) is 9.47 Å². The van der Waals surface area contributed by atoms with Crippen molar-refractivity contribution in [2.45, 2.75) is 43.7 Å². The number of ether oxygens (including phenoxy) is 2. The molecule has 4 atom stereocenters. The van der Waals surface area contributed by atoms with Gasteiger partial charge in [0.15, 0.2) is 5.79 Å². The molecule has 0 aromatic heterocycles. The van der Waals surface area contributed by atoms with Crippen LogP contribution in [0.4, 0.5) is 4.39 Å². The molecule has 1 saturated heterocycles. The SMILES string of the molecule is O[C@H]1CC2CC3(CC2C[C@@H]1F)OCCO3. The van der Waals surface area contributed by atoms with Crippen LogP contribution in [0, 0.1) is 11.8 Å². The molecule has 15 heavy (non-hydrogen) atoms. The molecule has 0 aromatic rings. The van der Waals surface area contributed by atoms with Gasteiger partial charge in [-0.3, -0.25) is 0 Å². The van der Waals surface area contributed by atoms with Crippen LogP contribution < -0.4 is 0 Å². The molecule has 2 saturated carbocycles. The van der Waals surface area contributed by atoms with Crippen LogP contribution in [0.2, 0.25) is 0 Å². The lowest BCUT2D eigenvalue weighted by atomic mass is 9.79. The molecular weight excluding hydrogens is 199 g/mol. The maximum Gasteiger partial charge on any atom is 0.169 e. The van der Waals surface area contributed by atoms with E-state index in [1.165, 1.54) is 0 Å². The topological polar surface area (TPSA) is 38.7 Å². The van der Waals surface area contributed by atoms with Crippen molar-refractivity contribution >= 4 is 0 Å². The summed E-state index contributed by atoms with van der Waals surface area (Å²) < 4.78 is 24.6. The standard InChI is InChI=1S/C11H17FO3/c12-9-3-7-5-11(14-1-2-15-11)6-8(7)4-10(9)13/h7-10,13H,1-6H2/t7?,8?,9-,10-/m0/s1. The zero-order chi connectivity index (χ0) is 10.5. The third-order valence-electron chi connectivity index (χ3n) is 4.12. The zero-order valence-corrected chi connectivity index (χ0v) is 8.69. The van der Waals surface area contributed by atoms with Gasteiger partial charge in [-0.25, -0.2) is 4.39 Å². The third kappa shape index (κ3) is 1.59. The lowest BCUT2D eigenvalue weighted by Gasteiger charge is -2.30. The first-order chi connectivity index (χ1) is 7.19. The predicted octanol–water partition coefficient (Wildman–Crippen LogP) is 1.25. The van der Waals surface area contributed by atoms with Crippen molar-refractivity contribution in [3.05, 3.63) is 0 Å². The summed E-state index contributed by atoms with van der Waals surface area (Å²) in [6, 6.07) is 0. The van der Waals surface area contributed by atoms with Gasteiger partial charge in [0.25, 0.3) is 0 Å². The van der Waals surface area contributed by atoms with Crippen LogP contribution in [-0.4, -0.2) is 36.4 Å². The highest BCUT2D eigenvalue weighted by Gasteiger charge is 2.52. The summed E-state index contributed by atoms with van der Waals surface area (Å²) in [4.78, 5) is 0. The second-order valence-electron chi connectivity index (χ2n) is 5.09. The molecule has 3 aliphatic rings. The molecular formula is C11H17FO3. The van der Waals surface area contributed by atoms with E-state index in [1.807, 2.05) is 0 Å². The van der Waals surface area contributed by atoms with E-state index in [-0.39, 0.29) is 0 Å². The van der Waals surface area contributed by atoms with Crippen LogP contribution in [-0.2, 0) is 9.47 Å². The Kier molecular flexibility index (Phi) is 2.27. The van der Waals surface area contributed by atoms with Crippen LogP contribution in [0.25, 0.3) is 0 Å². The fourth-order valence-corrected chi connectivity index (χ4v) is 3.40. The summed E-state index contributed by atoms with van der Waals surface area (Å²) in [5.41, 5.74) is 0. The number of fused-ring (bicyclic) bond motifs is 1. The monoisotopic (exact) mass is 216 g/mol. The quantitative estimate of drug-likeness (QED) is 0.662. The summed E-state index contributed by atoms with van der Waals surface area (Å²) in [6.45, 7) is 1.31. The highest BCUT2D eigenvalue weighted by atomic mass is 19.1. The Morgan fingerprint density at radius 2 is 1.67 bits per heavy atom. The number of aliphatic hydroxyl groups is 1. The first kappa shape index (κ1) is 10.00. The van der Waals surface area contributed by atoms with E-state index in [1.54, 1.807) is 0 Å². The van der Waals surface area contributed by atoms with Crippen molar-refractivity contribution in [3.8, 4) is 0 Å². The van der Waals surface area contributed by atoms with Crippen LogP contribution >= 0.6 is 0 Å². The van der Waals surface area contributed by atoms with Crippen molar-refractivity contribution in [2.24, 2.45) is 11.8 Å². The van der Waals surface area contributed by atoms with Gasteiger partial charge in [-0.2, -0.15) is 0 Å². The Morgan fingerprint density at radius 1 is 1.07 bits per heavy atom. The predicted molar refractivity (Wildman–Crippen MR) is 51.0 cm³/mol. The van der Waals surface area contributed by atoms with Gasteiger partial charge in [-0.05, 0) is 24.7 Å². The first-order valence-electron chi connectivity index (χ1n) is 5.79. The van der Waals surface area contributed by atoms with Gasteiger partial charge in [0.05, 0.1) is 19.3 Å². The summed E-state index contributed by atoms with van der Waals surface area (Å²) in [6.07, 6.45) is 0.859. The minimum atomic E-state index is -1.05. The smallest absolute Gasteiger partial charge is 0.169 e. The van der Waals surface area contributed by atoms with Crippen LogP contribution in [0.1, 0.15) is 25.7 Å². The second kappa shape index (κ2) is 3.40.